The molecule has 0 saturated heterocycles. The molecule has 1 amide bonds. The zero-order valence-corrected chi connectivity index (χ0v) is 8.73. The average molecular weight is 208 g/mol. The highest BCUT2D eigenvalue weighted by Crippen LogP contribution is 2.04. The van der Waals surface area contributed by atoms with E-state index >= 15 is 0 Å². The zero-order chi connectivity index (χ0) is 11.3. The Morgan fingerprint density at radius 2 is 2.20 bits per heavy atom. The quantitative estimate of drug-likeness (QED) is 0.659. The fourth-order valence-corrected chi connectivity index (χ4v) is 1.19. The molecule has 1 aromatic rings. The molecule has 4 N–H and O–H groups in total. The molecule has 4 nitrogen and oxygen atoms in total. The van der Waals surface area contributed by atoms with Crippen LogP contribution in [0.15, 0.2) is 24.3 Å². The number of nitrogens with one attached hydrogen (secondary N) is 1. The van der Waals surface area contributed by atoms with Crippen LogP contribution in [0.3, 0.4) is 0 Å². The SMILES string of the molecule is CC(N)C(=O)NCc1cccc(CO)c1. The third-order valence-electron chi connectivity index (χ3n) is 2.05. The lowest BCUT2D eigenvalue weighted by molar-refractivity contribution is -0.122. The second kappa shape index (κ2) is 5.48. The first-order valence-electron chi connectivity index (χ1n) is 4.85. The number of carbonyl (C=O) groups is 1. The first-order valence-corrected chi connectivity index (χ1v) is 4.85. The van der Waals surface area contributed by atoms with Gasteiger partial charge in [0.1, 0.15) is 0 Å². The fraction of sp³-hybridized carbons (Fsp3) is 0.364. The van der Waals surface area contributed by atoms with Gasteiger partial charge < -0.3 is 16.2 Å². The Hall–Kier alpha value is -1.39. The van der Waals surface area contributed by atoms with E-state index in [2.05, 4.69) is 5.32 Å². The number of nitrogens with two attached hydrogens (primary N) is 1. The maximum Gasteiger partial charge on any atom is 0.236 e. The first kappa shape index (κ1) is 11.7. The molecular weight excluding hydrogens is 192 g/mol. The molecule has 0 saturated carbocycles. The number of carbonyl (C=O) groups excluding carboxylic acids is 1. The van der Waals surface area contributed by atoms with Gasteiger partial charge in [0.05, 0.1) is 12.6 Å². The topological polar surface area (TPSA) is 75.4 Å². The molecule has 15 heavy (non-hydrogen) atoms. The highest BCUT2D eigenvalue weighted by molar-refractivity contribution is 5.80. The number of amides is 1. The summed E-state index contributed by atoms with van der Waals surface area (Å²) in [6.07, 6.45) is 0. The van der Waals surface area contributed by atoms with E-state index in [-0.39, 0.29) is 12.5 Å². The van der Waals surface area contributed by atoms with E-state index in [1.807, 2.05) is 24.3 Å². The van der Waals surface area contributed by atoms with Gasteiger partial charge in [-0.2, -0.15) is 0 Å². The van der Waals surface area contributed by atoms with Crippen LogP contribution in [0, 0.1) is 0 Å². The molecule has 82 valence electrons. The van der Waals surface area contributed by atoms with Crippen LogP contribution in [-0.4, -0.2) is 17.1 Å². The molecule has 0 aliphatic heterocycles. The smallest absolute Gasteiger partial charge is 0.236 e. The maximum atomic E-state index is 11.2. The molecule has 0 radical (unpaired) electrons. The number of aliphatic hydroxyl groups is 1. The van der Waals surface area contributed by atoms with Gasteiger partial charge in [-0.15, -0.1) is 0 Å². The molecule has 1 rings (SSSR count). The third kappa shape index (κ3) is 3.69. The summed E-state index contributed by atoms with van der Waals surface area (Å²) in [6, 6.07) is 6.92. The van der Waals surface area contributed by atoms with E-state index in [1.54, 1.807) is 6.92 Å². The van der Waals surface area contributed by atoms with Crippen LogP contribution in [0.5, 0.6) is 0 Å². The Kier molecular flexibility index (Phi) is 4.27. The lowest BCUT2D eigenvalue weighted by Crippen LogP contribution is -2.37. The van der Waals surface area contributed by atoms with Crippen LogP contribution in [0.4, 0.5) is 0 Å². The van der Waals surface area contributed by atoms with Crippen LogP contribution < -0.4 is 11.1 Å². The molecule has 0 aliphatic rings. The van der Waals surface area contributed by atoms with Gasteiger partial charge in [0.25, 0.3) is 0 Å². The summed E-state index contributed by atoms with van der Waals surface area (Å²) in [6.45, 7) is 2.09. The van der Waals surface area contributed by atoms with Crippen LogP contribution >= 0.6 is 0 Å². The van der Waals surface area contributed by atoms with Gasteiger partial charge in [-0.1, -0.05) is 24.3 Å². The van der Waals surface area contributed by atoms with Crippen molar-refractivity contribution in [1.82, 2.24) is 5.32 Å². The van der Waals surface area contributed by atoms with E-state index < -0.39 is 6.04 Å². The Morgan fingerprint density at radius 3 is 2.80 bits per heavy atom. The Bertz CT molecular complexity index is 337. The maximum absolute atomic E-state index is 11.2. The highest BCUT2D eigenvalue weighted by Gasteiger charge is 2.05. The predicted octanol–water partition coefficient (Wildman–Crippen LogP) is 0.142. The zero-order valence-electron chi connectivity index (χ0n) is 8.73. The number of hydrogen-bond acceptors (Lipinski definition) is 3. The van der Waals surface area contributed by atoms with Crippen LogP contribution in [0.2, 0.25) is 0 Å². The Morgan fingerprint density at radius 1 is 1.53 bits per heavy atom. The minimum absolute atomic E-state index is 0.00901. The molecule has 0 spiro atoms. The molecule has 1 unspecified atom stereocenters. The summed E-state index contributed by atoms with van der Waals surface area (Å²) in [5.74, 6) is -0.176. The minimum atomic E-state index is -0.494. The van der Waals surface area contributed by atoms with Crippen LogP contribution in [-0.2, 0) is 17.9 Å². The molecule has 1 atom stereocenters. The largest absolute Gasteiger partial charge is 0.392 e. The average Bonchev–Trinajstić information content (AvgIpc) is 2.26. The van der Waals surface area contributed by atoms with Gasteiger partial charge in [0, 0.05) is 6.54 Å². The fourth-order valence-electron chi connectivity index (χ4n) is 1.19. The number of hydrogen-bond donors (Lipinski definition) is 3. The van der Waals surface area contributed by atoms with E-state index in [0.29, 0.717) is 6.54 Å². The standard InChI is InChI=1S/C11H16N2O2/c1-8(12)11(15)13-6-9-3-2-4-10(5-9)7-14/h2-5,8,14H,6-7,12H2,1H3,(H,13,15). The van der Waals surface area contributed by atoms with Crippen LogP contribution in [0.25, 0.3) is 0 Å². The molecule has 0 bridgehead atoms. The van der Waals surface area contributed by atoms with Crippen molar-refractivity contribution in [2.45, 2.75) is 26.1 Å². The number of benzene rings is 1. The molecule has 0 fully saturated rings. The third-order valence-corrected chi connectivity index (χ3v) is 2.05. The number of rotatable bonds is 4. The van der Waals surface area contributed by atoms with Crippen molar-refractivity contribution in [2.24, 2.45) is 5.73 Å². The van der Waals surface area contributed by atoms with E-state index in [0.717, 1.165) is 11.1 Å². The predicted molar refractivity (Wildman–Crippen MR) is 57.9 cm³/mol. The van der Waals surface area contributed by atoms with Gasteiger partial charge in [0.15, 0.2) is 0 Å². The van der Waals surface area contributed by atoms with Crippen molar-refractivity contribution in [3.8, 4) is 0 Å². The first-order chi connectivity index (χ1) is 7.13. The summed E-state index contributed by atoms with van der Waals surface area (Å²) in [7, 11) is 0. The molecular formula is C11H16N2O2. The van der Waals surface area contributed by atoms with E-state index in [1.165, 1.54) is 0 Å². The monoisotopic (exact) mass is 208 g/mol. The Labute approximate surface area is 89.1 Å². The van der Waals surface area contributed by atoms with Crippen molar-refractivity contribution in [2.75, 3.05) is 0 Å². The molecule has 0 aliphatic carbocycles. The lowest BCUT2D eigenvalue weighted by Gasteiger charge is -2.08. The van der Waals surface area contributed by atoms with Gasteiger partial charge in [-0.05, 0) is 18.1 Å². The normalized spacial score (nSPS) is 12.2. The highest BCUT2D eigenvalue weighted by atomic mass is 16.3. The van der Waals surface area contributed by atoms with Gasteiger partial charge >= 0.3 is 0 Å². The van der Waals surface area contributed by atoms with Crippen molar-refractivity contribution in [3.05, 3.63) is 35.4 Å². The summed E-state index contributed by atoms with van der Waals surface area (Å²) < 4.78 is 0. The lowest BCUT2D eigenvalue weighted by atomic mass is 10.1. The molecule has 4 heteroatoms. The van der Waals surface area contributed by atoms with Crippen molar-refractivity contribution in [1.29, 1.82) is 0 Å². The summed E-state index contributed by atoms with van der Waals surface area (Å²) in [5.41, 5.74) is 7.19. The van der Waals surface area contributed by atoms with E-state index in [4.69, 9.17) is 10.8 Å². The van der Waals surface area contributed by atoms with Gasteiger partial charge in [-0.3, -0.25) is 4.79 Å². The summed E-state index contributed by atoms with van der Waals surface area (Å²) >= 11 is 0. The Balaban J connectivity index is 2.54. The van der Waals surface area contributed by atoms with E-state index in [9.17, 15) is 4.79 Å². The molecule has 1 aromatic carbocycles. The number of aliphatic hydroxyl groups excluding tert-OH is 1. The van der Waals surface area contributed by atoms with Crippen molar-refractivity contribution in [3.63, 3.8) is 0 Å². The molecule has 0 aromatic heterocycles. The van der Waals surface area contributed by atoms with Gasteiger partial charge in [-0.25, -0.2) is 0 Å². The van der Waals surface area contributed by atoms with Gasteiger partial charge in [0.2, 0.25) is 5.91 Å². The van der Waals surface area contributed by atoms with Crippen molar-refractivity contribution >= 4 is 5.91 Å². The van der Waals surface area contributed by atoms with Crippen LogP contribution in [0.1, 0.15) is 18.1 Å². The summed E-state index contributed by atoms with van der Waals surface area (Å²) in [4.78, 5) is 11.2. The second-order valence-corrected chi connectivity index (χ2v) is 3.48. The van der Waals surface area contributed by atoms with Crippen molar-refractivity contribution < 1.29 is 9.90 Å². The second-order valence-electron chi connectivity index (χ2n) is 3.48. The summed E-state index contributed by atoms with van der Waals surface area (Å²) in [5, 5.41) is 11.6. The minimum Gasteiger partial charge on any atom is -0.392 e. The molecule has 0 heterocycles.